The summed E-state index contributed by atoms with van der Waals surface area (Å²) in [6.07, 6.45) is 4.80. The van der Waals surface area contributed by atoms with E-state index in [1.807, 2.05) is 23.1 Å². The molecule has 4 nitrogen and oxygen atoms in total. The van der Waals surface area contributed by atoms with Crippen LogP contribution in [0.5, 0.6) is 0 Å². The molecular formula is C26H37NO3S2. The van der Waals surface area contributed by atoms with Gasteiger partial charge >= 0.3 is 0 Å². The van der Waals surface area contributed by atoms with Gasteiger partial charge in [-0.1, -0.05) is 101 Å². The molecule has 1 amide bonds. The fourth-order valence-electron chi connectivity index (χ4n) is 4.56. The standard InChI is InChI=1S/C26H37NO3S2/c1-6-21(25(28)27-22(17(2)3)16-32-26(27)31)23-13-12-18(4)24(30-23)19(5)14-29-15-20-10-8-7-9-11-20/h7-13,17-19,21-24H,6,14-16H2,1-5H3/t18-,19-,21+,22+,23+,24+/m0/s1. The van der Waals surface area contributed by atoms with E-state index in [0.717, 1.165) is 12.2 Å². The van der Waals surface area contributed by atoms with Crippen LogP contribution in [0, 0.1) is 23.7 Å². The van der Waals surface area contributed by atoms with Gasteiger partial charge in [0.25, 0.3) is 0 Å². The zero-order valence-electron chi connectivity index (χ0n) is 19.9. The topological polar surface area (TPSA) is 38.8 Å². The fraction of sp³-hybridized carbons (Fsp3) is 0.615. The molecule has 1 aromatic carbocycles. The molecule has 0 bridgehead atoms. The smallest absolute Gasteiger partial charge is 0.234 e. The summed E-state index contributed by atoms with van der Waals surface area (Å²) in [7, 11) is 0. The predicted molar refractivity (Wildman–Crippen MR) is 137 cm³/mol. The number of hydrogen-bond donors (Lipinski definition) is 0. The van der Waals surface area contributed by atoms with Crippen molar-refractivity contribution in [2.24, 2.45) is 23.7 Å². The summed E-state index contributed by atoms with van der Waals surface area (Å²) in [5.41, 5.74) is 1.17. The van der Waals surface area contributed by atoms with E-state index in [4.69, 9.17) is 21.7 Å². The number of carbonyl (C=O) groups is 1. The van der Waals surface area contributed by atoms with Crippen molar-refractivity contribution in [3.8, 4) is 0 Å². The molecule has 2 aliphatic heterocycles. The maximum atomic E-state index is 13.6. The number of ether oxygens (including phenoxy) is 2. The maximum absolute atomic E-state index is 13.6. The van der Waals surface area contributed by atoms with Crippen LogP contribution in [0.2, 0.25) is 0 Å². The summed E-state index contributed by atoms with van der Waals surface area (Å²) in [5, 5.41) is 0. The zero-order valence-corrected chi connectivity index (χ0v) is 21.5. The first-order valence-electron chi connectivity index (χ1n) is 11.8. The third kappa shape index (κ3) is 6.02. The molecule has 0 aliphatic carbocycles. The van der Waals surface area contributed by atoms with Gasteiger partial charge in [-0.25, -0.2) is 0 Å². The average Bonchev–Trinajstić information content (AvgIpc) is 3.17. The summed E-state index contributed by atoms with van der Waals surface area (Å²) >= 11 is 7.16. The number of amides is 1. The highest BCUT2D eigenvalue weighted by Gasteiger charge is 2.42. The summed E-state index contributed by atoms with van der Waals surface area (Å²) in [5.74, 6) is 1.65. The van der Waals surface area contributed by atoms with Crippen molar-refractivity contribution in [3.05, 3.63) is 48.0 Å². The molecule has 0 unspecified atom stereocenters. The van der Waals surface area contributed by atoms with Crippen molar-refractivity contribution in [2.75, 3.05) is 12.4 Å². The lowest BCUT2D eigenvalue weighted by molar-refractivity contribution is -0.143. The van der Waals surface area contributed by atoms with Gasteiger partial charge < -0.3 is 9.47 Å². The van der Waals surface area contributed by atoms with E-state index >= 15 is 0 Å². The van der Waals surface area contributed by atoms with Gasteiger partial charge in [-0.2, -0.15) is 0 Å². The highest BCUT2D eigenvalue weighted by molar-refractivity contribution is 8.23. The van der Waals surface area contributed by atoms with Crippen molar-refractivity contribution < 1.29 is 14.3 Å². The lowest BCUT2D eigenvalue weighted by Crippen LogP contribution is -2.49. The molecule has 176 valence electrons. The molecule has 1 aromatic rings. The van der Waals surface area contributed by atoms with E-state index in [0.29, 0.717) is 23.5 Å². The second kappa shape index (κ2) is 11.8. The van der Waals surface area contributed by atoms with Gasteiger partial charge in [-0.05, 0) is 17.9 Å². The third-order valence-electron chi connectivity index (χ3n) is 6.56. The largest absolute Gasteiger partial charge is 0.376 e. The van der Waals surface area contributed by atoms with Crippen LogP contribution in [0.25, 0.3) is 0 Å². The Morgan fingerprint density at radius 1 is 1.25 bits per heavy atom. The first kappa shape index (κ1) is 25.4. The fourth-order valence-corrected chi connectivity index (χ4v) is 6.21. The molecule has 6 heteroatoms. The number of thiocarbonyl (C=S) groups is 1. The highest BCUT2D eigenvalue weighted by atomic mass is 32.2. The SMILES string of the molecule is CC[C@@H](C(=O)N1C(=S)SC[C@@H]1C(C)C)[C@H]1C=C[C@H](C)[C@H]([C@@H](C)COCc2ccccc2)O1. The molecule has 0 N–H and O–H groups in total. The lowest BCUT2D eigenvalue weighted by atomic mass is 9.87. The lowest BCUT2D eigenvalue weighted by Gasteiger charge is -2.38. The number of benzene rings is 1. The van der Waals surface area contributed by atoms with E-state index < -0.39 is 0 Å². The predicted octanol–water partition coefficient (Wildman–Crippen LogP) is 5.71. The van der Waals surface area contributed by atoms with Crippen LogP contribution in [-0.4, -0.2) is 45.7 Å². The van der Waals surface area contributed by atoms with E-state index in [9.17, 15) is 4.79 Å². The minimum Gasteiger partial charge on any atom is -0.376 e. The minimum atomic E-state index is -0.230. The number of thioether (sulfide) groups is 1. The van der Waals surface area contributed by atoms with Crippen molar-refractivity contribution in [2.45, 2.75) is 65.9 Å². The van der Waals surface area contributed by atoms with Gasteiger partial charge in [0, 0.05) is 23.6 Å². The molecule has 0 saturated carbocycles. The molecule has 32 heavy (non-hydrogen) atoms. The zero-order chi connectivity index (χ0) is 23.3. The number of nitrogens with zero attached hydrogens (tertiary/aromatic N) is 1. The Morgan fingerprint density at radius 2 is 1.97 bits per heavy atom. The average molecular weight is 476 g/mol. The van der Waals surface area contributed by atoms with Crippen LogP contribution in [0.3, 0.4) is 0 Å². The summed E-state index contributed by atoms with van der Waals surface area (Å²) in [4.78, 5) is 15.4. The Bertz CT molecular complexity index is 798. The van der Waals surface area contributed by atoms with Crippen molar-refractivity contribution in [1.29, 1.82) is 0 Å². The highest BCUT2D eigenvalue weighted by Crippen LogP contribution is 2.34. The molecule has 1 saturated heterocycles. The summed E-state index contributed by atoms with van der Waals surface area (Å²) < 4.78 is 13.3. The molecule has 1 fully saturated rings. The van der Waals surface area contributed by atoms with Gasteiger partial charge in [0.2, 0.25) is 5.91 Å². The first-order valence-corrected chi connectivity index (χ1v) is 13.2. The van der Waals surface area contributed by atoms with Crippen molar-refractivity contribution >= 4 is 34.2 Å². The normalized spacial score (nSPS) is 27.7. The monoisotopic (exact) mass is 475 g/mol. The van der Waals surface area contributed by atoms with Gasteiger partial charge in [-0.3, -0.25) is 9.69 Å². The molecule has 2 heterocycles. The molecule has 0 aromatic heterocycles. The third-order valence-corrected chi connectivity index (χ3v) is 8.06. The Labute approximate surface area is 203 Å². The van der Waals surface area contributed by atoms with Crippen LogP contribution < -0.4 is 0 Å². The molecule has 3 rings (SSSR count). The maximum Gasteiger partial charge on any atom is 0.234 e. The Morgan fingerprint density at radius 3 is 2.62 bits per heavy atom. The summed E-state index contributed by atoms with van der Waals surface area (Å²) in [6, 6.07) is 10.4. The van der Waals surface area contributed by atoms with Crippen LogP contribution in [0.4, 0.5) is 0 Å². The molecular weight excluding hydrogens is 438 g/mol. The molecule has 0 radical (unpaired) electrons. The quantitative estimate of drug-likeness (QED) is 0.338. The van der Waals surface area contributed by atoms with Gasteiger partial charge in [0.1, 0.15) is 4.32 Å². The second-order valence-corrected chi connectivity index (χ2v) is 11.1. The molecule has 6 atom stereocenters. The second-order valence-electron chi connectivity index (χ2n) is 9.40. The Balaban J connectivity index is 1.63. The number of rotatable bonds is 9. The van der Waals surface area contributed by atoms with Crippen molar-refractivity contribution in [3.63, 3.8) is 0 Å². The van der Waals surface area contributed by atoms with Gasteiger partial charge in [-0.15, -0.1) is 0 Å². The van der Waals surface area contributed by atoms with Crippen LogP contribution in [0.1, 0.15) is 46.6 Å². The van der Waals surface area contributed by atoms with Crippen LogP contribution >= 0.6 is 24.0 Å². The molecule has 0 spiro atoms. The summed E-state index contributed by atoms with van der Waals surface area (Å²) in [6.45, 7) is 12.0. The van der Waals surface area contributed by atoms with E-state index in [-0.39, 0.29) is 41.9 Å². The Kier molecular flexibility index (Phi) is 9.35. The van der Waals surface area contributed by atoms with E-state index in [2.05, 4.69) is 58.9 Å². The number of carbonyl (C=O) groups excluding carboxylic acids is 1. The number of hydrogen-bond acceptors (Lipinski definition) is 5. The van der Waals surface area contributed by atoms with Crippen LogP contribution in [-0.2, 0) is 20.9 Å². The minimum absolute atomic E-state index is 0.0171. The molecule has 2 aliphatic rings. The van der Waals surface area contributed by atoms with E-state index in [1.54, 1.807) is 11.8 Å². The van der Waals surface area contributed by atoms with Gasteiger partial charge in [0.05, 0.1) is 31.3 Å². The van der Waals surface area contributed by atoms with Crippen molar-refractivity contribution in [1.82, 2.24) is 4.90 Å². The Hall–Kier alpha value is -1.21. The first-order chi connectivity index (χ1) is 15.3. The van der Waals surface area contributed by atoms with Gasteiger partial charge in [0.15, 0.2) is 0 Å². The van der Waals surface area contributed by atoms with E-state index in [1.165, 1.54) is 5.56 Å². The van der Waals surface area contributed by atoms with Crippen LogP contribution in [0.15, 0.2) is 42.5 Å².